The van der Waals surface area contributed by atoms with E-state index in [9.17, 15) is 9.50 Å². The van der Waals surface area contributed by atoms with E-state index >= 15 is 8.78 Å². The van der Waals surface area contributed by atoms with Crippen LogP contribution in [0.3, 0.4) is 0 Å². The summed E-state index contributed by atoms with van der Waals surface area (Å²) in [6.45, 7) is 14.8. The lowest BCUT2D eigenvalue weighted by molar-refractivity contribution is 0.00322. The number of phenolic OH excluding ortho intramolecular Hbond substituents is 1. The SMILES string of the molecule is Cc1sc2c(c1C)C(c1ccc(N3CC4(CC(CN5CCN(c6cc(F)c([C@@H]7c8ccc(O)cc8CC[C@@H]7c7ccc(F)cc7)c(F)c6)CC5)C4)C3)cc1)=N[C@@H](C)c1nnc(C)n1-2. The van der Waals surface area contributed by atoms with Crippen LogP contribution in [-0.2, 0) is 6.42 Å². The predicted octanol–water partition coefficient (Wildman–Crippen LogP) is 10.2. The Balaban J connectivity index is 0.705. The summed E-state index contributed by atoms with van der Waals surface area (Å²) >= 11 is 1.79. The van der Waals surface area contributed by atoms with Crippen molar-refractivity contribution >= 4 is 28.4 Å². The molecule has 11 rings (SSSR count). The number of hydrogen-bond acceptors (Lipinski definition) is 8. The zero-order chi connectivity index (χ0) is 43.3. The highest BCUT2D eigenvalue weighted by molar-refractivity contribution is 7.15. The molecule has 1 saturated carbocycles. The summed E-state index contributed by atoms with van der Waals surface area (Å²) in [5.74, 6) is 0.254. The molecule has 0 radical (unpaired) electrons. The van der Waals surface area contributed by atoms with Crippen LogP contribution in [0.5, 0.6) is 5.75 Å². The van der Waals surface area contributed by atoms with Gasteiger partial charge in [-0.1, -0.05) is 30.3 Å². The third kappa shape index (κ3) is 6.95. The van der Waals surface area contributed by atoms with Crippen molar-refractivity contribution in [3.63, 3.8) is 0 Å². The van der Waals surface area contributed by atoms with Crippen LogP contribution in [0, 0.1) is 49.6 Å². The van der Waals surface area contributed by atoms with Crippen molar-refractivity contribution in [3.8, 4) is 10.8 Å². The molecule has 1 spiro atoms. The highest BCUT2D eigenvalue weighted by atomic mass is 32.1. The topological polar surface area (TPSA) is 73.0 Å². The molecule has 12 heteroatoms. The minimum absolute atomic E-state index is 0.0354. The van der Waals surface area contributed by atoms with Crippen molar-refractivity contribution in [1.29, 1.82) is 0 Å². The van der Waals surface area contributed by atoms with Crippen LogP contribution < -0.4 is 9.80 Å². The van der Waals surface area contributed by atoms with Gasteiger partial charge in [-0.15, -0.1) is 21.5 Å². The van der Waals surface area contributed by atoms with Crippen molar-refractivity contribution in [3.05, 3.63) is 152 Å². The molecular formula is C51H52F3N7OS. The van der Waals surface area contributed by atoms with Crippen LogP contribution in [0.15, 0.2) is 83.9 Å². The molecule has 1 N–H and O–H groups in total. The van der Waals surface area contributed by atoms with E-state index < -0.39 is 17.6 Å². The number of phenols is 1. The largest absolute Gasteiger partial charge is 0.508 e. The lowest BCUT2D eigenvalue weighted by Crippen LogP contribution is -2.64. The Morgan fingerprint density at radius 2 is 1.52 bits per heavy atom. The molecule has 4 aromatic carbocycles. The Bertz CT molecular complexity index is 2740. The number of fused-ring (bicyclic) bond motifs is 4. The Morgan fingerprint density at radius 3 is 2.24 bits per heavy atom. The summed E-state index contributed by atoms with van der Waals surface area (Å²) in [5, 5.41) is 20.3. The summed E-state index contributed by atoms with van der Waals surface area (Å²) < 4.78 is 48.8. The van der Waals surface area contributed by atoms with Crippen LogP contribution >= 0.6 is 11.3 Å². The fraction of sp³-hybridized carbons (Fsp3) is 0.392. The number of piperazine rings is 1. The van der Waals surface area contributed by atoms with Gasteiger partial charge in [-0.3, -0.25) is 14.5 Å². The van der Waals surface area contributed by atoms with E-state index in [0.29, 0.717) is 43.0 Å². The van der Waals surface area contributed by atoms with Gasteiger partial charge in [-0.05, 0) is 136 Å². The molecule has 2 aromatic heterocycles. The molecule has 2 saturated heterocycles. The van der Waals surface area contributed by atoms with Crippen LogP contribution in [0.4, 0.5) is 24.5 Å². The summed E-state index contributed by atoms with van der Waals surface area (Å²) in [6, 6.07) is 23.2. The highest BCUT2D eigenvalue weighted by Crippen LogP contribution is 2.53. The molecule has 324 valence electrons. The van der Waals surface area contributed by atoms with Crippen molar-refractivity contribution in [2.45, 2.75) is 71.3 Å². The van der Waals surface area contributed by atoms with Crippen LogP contribution in [-0.4, -0.2) is 76.3 Å². The van der Waals surface area contributed by atoms with Crippen LogP contribution in [0.25, 0.3) is 5.00 Å². The van der Waals surface area contributed by atoms with Crippen molar-refractivity contribution in [2.75, 3.05) is 55.6 Å². The Labute approximate surface area is 370 Å². The first-order valence-electron chi connectivity index (χ1n) is 22.4. The third-order valence-corrected chi connectivity index (χ3v) is 16.1. The number of aryl methyl sites for hydroxylation is 3. The minimum Gasteiger partial charge on any atom is -0.508 e. The number of aliphatic imine (C=N–C) groups is 1. The van der Waals surface area contributed by atoms with Gasteiger partial charge in [-0.25, -0.2) is 13.2 Å². The molecule has 0 bridgehead atoms. The molecular weight excluding hydrogens is 816 g/mol. The molecule has 6 aromatic rings. The van der Waals surface area contributed by atoms with Crippen LogP contribution in [0.1, 0.15) is 99.5 Å². The van der Waals surface area contributed by atoms with Crippen molar-refractivity contribution < 1.29 is 18.3 Å². The van der Waals surface area contributed by atoms with Gasteiger partial charge in [0, 0.05) is 90.1 Å². The fourth-order valence-corrected chi connectivity index (χ4v) is 12.9. The molecule has 3 atom stereocenters. The van der Waals surface area contributed by atoms with E-state index in [-0.39, 0.29) is 29.1 Å². The van der Waals surface area contributed by atoms with Gasteiger partial charge in [0.25, 0.3) is 0 Å². The monoisotopic (exact) mass is 867 g/mol. The second-order valence-electron chi connectivity index (χ2n) is 18.9. The van der Waals surface area contributed by atoms with Gasteiger partial charge in [0.15, 0.2) is 5.82 Å². The second kappa shape index (κ2) is 15.4. The van der Waals surface area contributed by atoms with E-state index in [1.807, 2.05) is 6.92 Å². The number of hydrogen-bond donors (Lipinski definition) is 1. The molecule has 2 aliphatic carbocycles. The van der Waals surface area contributed by atoms with Gasteiger partial charge >= 0.3 is 0 Å². The van der Waals surface area contributed by atoms with Gasteiger partial charge in [0.1, 0.15) is 40.1 Å². The van der Waals surface area contributed by atoms with E-state index in [2.05, 4.69) is 74.5 Å². The fourth-order valence-electron chi connectivity index (χ4n) is 11.6. The molecule has 3 fully saturated rings. The zero-order valence-corrected chi connectivity index (χ0v) is 37.0. The maximum atomic E-state index is 16.4. The molecule has 0 amide bonds. The summed E-state index contributed by atoms with van der Waals surface area (Å²) in [4.78, 5) is 13.6. The maximum absolute atomic E-state index is 16.4. The zero-order valence-electron chi connectivity index (χ0n) is 36.2. The second-order valence-corrected chi connectivity index (χ2v) is 20.1. The molecule has 3 aliphatic heterocycles. The molecule has 63 heavy (non-hydrogen) atoms. The Morgan fingerprint density at radius 1 is 0.810 bits per heavy atom. The molecule has 5 aliphatic rings. The lowest BCUT2D eigenvalue weighted by atomic mass is 9.57. The summed E-state index contributed by atoms with van der Waals surface area (Å²) in [5.41, 5.74) is 9.39. The van der Waals surface area contributed by atoms with Gasteiger partial charge in [-0.2, -0.15) is 0 Å². The normalized spacial score (nSPS) is 21.9. The van der Waals surface area contributed by atoms with E-state index in [0.717, 1.165) is 77.3 Å². The molecule has 8 nitrogen and oxygen atoms in total. The average molecular weight is 868 g/mol. The van der Waals surface area contributed by atoms with E-state index in [1.54, 1.807) is 41.7 Å². The predicted molar refractivity (Wildman–Crippen MR) is 244 cm³/mol. The highest BCUT2D eigenvalue weighted by Gasteiger charge is 2.52. The summed E-state index contributed by atoms with van der Waals surface area (Å²) in [6.07, 6.45) is 3.76. The number of halogens is 3. The van der Waals surface area contributed by atoms with Crippen molar-refractivity contribution in [1.82, 2.24) is 19.7 Å². The number of benzene rings is 4. The first kappa shape index (κ1) is 40.3. The quantitative estimate of drug-likeness (QED) is 0.172. The number of anilines is 2. The third-order valence-electron chi connectivity index (χ3n) is 14.9. The molecule has 5 heterocycles. The smallest absolute Gasteiger partial charge is 0.162 e. The van der Waals surface area contributed by atoms with Gasteiger partial charge in [0.05, 0.1) is 5.71 Å². The Hall–Kier alpha value is -5.46. The first-order valence-corrected chi connectivity index (χ1v) is 23.2. The summed E-state index contributed by atoms with van der Waals surface area (Å²) in [7, 11) is 0. The lowest BCUT2D eigenvalue weighted by Gasteiger charge is -2.60. The average Bonchev–Trinajstić information content (AvgIpc) is 3.73. The Kier molecular flexibility index (Phi) is 9.83. The number of aromatic nitrogens is 3. The number of aromatic hydroxyl groups is 1. The van der Waals surface area contributed by atoms with E-state index in [1.165, 1.54) is 58.8 Å². The van der Waals surface area contributed by atoms with Gasteiger partial charge in [0.2, 0.25) is 0 Å². The first-order chi connectivity index (χ1) is 30.4. The number of thiophene rings is 1. The molecule has 0 unspecified atom stereocenters. The number of nitrogens with zero attached hydrogens (tertiary/aromatic N) is 7. The number of rotatable bonds is 7. The van der Waals surface area contributed by atoms with Gasteiger partial charge < -0.3 is 14.9 Å². The van der Waals surface area contributed by atoms with E-state index in [4.69, 9.17) is 4.99 Å². The maximum Gasteiger partial charge on any atom is 0.162 e. The van der Waals surface area contributed by atoms with Crippen molar-refractivity contribution in [2.24, 2.45) is 16.3 Å². The minimum atomic E-state index is -0.602. The standard InChI is InChI=1S/C51H52F3N7OS/c1-29-31(3)63-50-45(29)48(55-30(2)49-57-56-32(4)61(49)50)35-7-12-38(13-8-35)60-27-51(28-60)24-33(25-51)26-58-17-19-59(20-18-58)39-22-43(53)47(44(54)23-39)46-41(34-5-10-37(52)11-6-34)15-9-36-21-40(62)14-16-42(36)46/h5-8,10-14,16,21-23,30,33,41,46,62H,9,15,17-20,24-28H2,1-4H3/t30-,41+,46-/m0/s1. The van der Waals surface area contributed by atoms with Crippen LogP contribution in [0.2, 0.25) is 0 Å².